The van der Waals surface area contributed by atoms with Gasteiger partial charge in [0.05, 0.1) is 22.4 Å². The lowest BCUT2D eigenvalue weighted by molar-refractivity contribution is 0.177. The van der Waals surface area contributed by atoms with Crippen LogP contribution in [0.1, 0.15) is 36.0 Å². The average molecular weight is 480 g/mol. The summed E-state index contributed by atoms with van der Waals surface area (Å²) in [7, 11) is 0. The van der Waals surface area contributed by atoms with Crippen molar-refractivity contribution in [3.63, 3.8) is 0 Å². The summed E-state index contributed by atoms with van der Waals surface area (Å²) >= 11 is 6.49. The van der Waals surface area contributed by atoms with Gasteiger partial charge in [0.15, 0.2) is 11.5 Å². The van der Waals surface area contributed by atoms with E-state index in [0.29, 0.717) is 45.3 Å². The summed E-state index contributed by atoms with van der Waals surface area (Å²) < 4.78 is 20.6. The Morgan fingerprint density at radius 2 is 2.12 bits per heavy atom. The maximum absolute atomic E-state index is 15.1. The number of amides is 2. The largest absolute Gasteiger partial charge is 0.441 e. The van der Waals surface area contributed by atoms with E-state index in [9.17, 15) is 9.59 Å². The molecule has 2 amide bonds. The van der Waals surface area contributed by atoms with Crippen LogP contribution in [0, 0.1) is 12.7 Å². The Bertz CT molecular complexity index is 1530. The number of halogens is 2. The molecule has 34 heavy (non-hydrogen) atoms. The molecule has 2 aromatic heterocycles. The minimum absolute atomic E-state index is 0.00302. The van der Waals surface area contributed by atoms with Crippen LogP contribution in [-0.4, -0.2) is 32.2 Å². The van der Waals surface area contributed by atoms with Crippen molar-refractivity contribution in [2.75, 3.05) is 5.32 Å². The van der Waals surface area contributed by atoms with Gasteiger partial charge in [-0.05, 0) is 54.7 Å². The highest BCUT2D eigenvalue weighted by atomic mass is 35.5. The number of oxazole rings is 1. The zero-order valence-electron chi connectivity index (χ0n) is 18.1. The van der Waals surface area contributed by atoms with Crippen molar-refractivity contribution in [1.29, 1.82) is 0 Å². The first-order valence-corrected chi connectivity index (χ1v) is 11.3. The van der Waals surface area contributed by atoms with Crippen LogP contribution in [0.5, 0.6) is 0 Å². The maximum Gasteiger partial charge on any atom is 0.322 e. The molecule has 4 aromatic rings. The standard InChI is InChI=1S/C24H19ClFN5O3/c1-11-27-19-7-12(2-5-21(19)34-11)15-9-17(26)18(10-16(15)25)28-24(33)31-14-3-4-20(31)23-13(6-14)8-22(32)29-30-23/h2,5,7-10,14,20H,3-4,6H2,1H3,(H,28,33)(H,29,32)/t14-,20+/m0/s1. The van der Waals surface area contributed by atoms with Crippen LogP contribution in [0.3, 0.4) is 0 Å². The van der Waals surface area contributed by atoms with E-state index in [1.165, 1.54) is 12.1 Å². The van der Waals surface area contributed by atoms with E-state index in [1.54, 1.807) is 36.1 Å². The van der Waals surface area contributed by atoms with Crippen LogP contribution in [0.2, 0.25) is 5.02 Å². The van der Waals surface area contributed by atoms with Crippen molar-refractivity contribution in [3.8, 4) is 11.1 Å². The molecule has 0 aliphatic carbocycles. The van der Waals surface area contributed by atoms with Crippen molar-refractivity contribution >= 4 is 34.4 Å². The molecule has 0 spiro atoms. The minimum atomic E-state index is -0.601. The summed E-state index contributed by atoms with van der Waals surface area (Å²) in [4.78, 5) is 30.8. The fourth-order valence-corrected chi connectivity index (χ4v) is 5.34. The number of fused-ring (bicyclic) bond motifs is 5. The van der Waals surface area contributed by atoms with E-state index in [-0.39, 0.29) is 23.3 Å². The molecule has 10 heteroatoms. The number of nitrogens with zero attached hydrogens (tertiary/aromatic N) is 3. The van der Waals surface area contributed by atoms with Crippen LogP contribution in [0.25, 0.3) is 22.2 Å². The van der Waals surface area contributed by atoms with Crippen molar-refractivity contribution in [2.45, 2.75) is 38.3 Å². The molecule has 4 heterocycles. The predicted molar refractivity (Wildman–Crippen MR) is 124 cm³/mol. The van der Waals surface area contributed by atoms with Crippen molar-refractivity contribution in [1.82, 2.24) is 20.1 Å². The van der Waals surface area contributed by atoms with E-state index >= 15 is 4.39 Å². The molecule has 2 bridgehead atoms. The van der Waals surface area contributed by atoms with Gasteiger partial charge in [-0.3, -0.25) is 4.79 Å². The van der Waals surface area contributed by atoms with E-state index in [0.717, 1.165) is 18.4 Å². The Labute approximate surface area is 197 Å². The molecule has 0 saturated carbocycles. The fourth-order valence-electron chi connectivity index (χ4n) is 5.07. The number of urea groups is 1. The lowest BCUT2D eigenvalue weighted by Gasteiger charge is -2.35. The number of anilines is 1. The first-order valence-electron chi connectivity index (χ1n) is 10.9. The molecule has 8 nitrogen and oxygen atoms in total. The number of nitrogens with one attached hydrogen (secondary N) is 2. The Hall–Kier alpha value is -3.72. The molecule has 1 saturated heterocycles. The molecule has 1 fully saturated rings. The van der Waals surface area contributed by atoms with Crippen LogP contribution in [0.15, 0.2) is 45.6 Å². The Morgan fingerprint density at radius 1 is 1.26 bits per heavy atom. The molecule has 6 rings (SSSR count). The number of aromatic nitrogens is 3. The lowest BCUT2D eigenvalue weighted by Crippen LogP contribution is -2.45. The second-order valence-electron chi connectivity index (χ2n) is 8.66. The number of rotatable bonds is 2. The summed E-state index contributed by atoms with van der Waals surface area (Å²) in [6.45, 7) is 1.76. The van der Waals surface area contributed by atoms with Gasteiger partial charge >= 0.3 is 6.03 Å². The zero-order chi connectivity index (χ0) is 23.6. The number of hydrogen-bond donors (Lipinski definition) is 2. The van der Waals surface area contributed by atoms with E-state index in [4.69, 9.17) is 16.0 Å². The van der Waals surface area contributed by atoms with Gasteiger partial charge in [0.25, 0.3) is 5.56 Å². The quantitative estimate of drug-likeness (QED) is 0.422. The van der Waals surface area contributed by atoms with Crippen LogP contribution in [0.4, 0.5) is 14.9 Å². The van der Waals surface area contributed by atoms with E-state index in [1.807, 2.05) is 0 Å². The summed E-state index contributed by atoms with van der Waals surface area (Å²) in [5.74, 6) is -0.0604. The third kappa shape index (κ3) is 3.35. The molecular weight excluding hydrogens is 461 g/mol. The van der Waals surface area contributed by atoms with Crippen LogP contribution >= 0.6 is 11.6 Å². The Kier molecular flexibility index (Phi) is 4.70. The lowest BCUT2D eigenvalue weighted by atomic mass is 9.99. The highest BCUT2D eigenvalue weighted by molar-refractivity contribution is 6.33. The number of H-pyrrole nitrogens is 1. The third-order valence-electron chi connectivity index (χ3n) is 6.53. The van der Waals surface area contributed by atoms with Crippen LogP contribution < -0.4 is 10.9 Å². The fraction of sp³-hybridized carbons (Fsp3) is 0.250. The second kappa shape index (κ2) is 7.66. The van der Waals surface area contributed by atoms with Gasteiger partial charge < -0.3 is 14.6 Å². The summed E-state index contributed by atoms with van der Waals surface area (Å²) in [6.07, 6.45) is 2.06. The molecule has 0 radical (unpaired) electrons. The molecule has 2 aromatic carbocycles. The summed E-state index contributed by atoms with van der Waals surface area (Å²) in [6, 6.07) is 8.83. The van der Waals surface area contributed by atoms with Gasteiger partial charge in [-0.25, -0.2) is 19.3 Å². The molecule has 2 N–H and O–H groups in total. The molecule has 2 atom stereocenters. The predicted octanol–water partition coefficient (Wildman–Crippen LogP) is 4.97. The summed E-state index contributed by atoms with van der Waals surface area (Å²) in [5, 5.41) is 9.59. The first-order chi connectivity index (χ1) is 16.4. The Morgan fingerprint density at radius 3 is 2.97 bits per heavy atom. The first kappa shape index (κ1) is 20.9. The topological polar surface area (TPSA) is 104 Å². The SMILES string of the molecule is Cc1nc2cc(-c3cc(F)c(NC(=O)N4[C@H]5CC[C@@H]4c4n[nH]c(=O)cc4C5)cc3Cl)ccc2o1. The highest BCUT2D eigenvalue weighted by Gasteiger charge is 2.44. The molecular formula is C24H19ClFN5O3. The Balaban J connectivity index is 1.28. The molecule has 0 unspecified atom stereocenters. The van der Waals surface area contributed by atoms with Gasteiger partial charge in [-0.15, -0.1) is 0 Å². The monoisotopic (exact) mass is 479 g/mol. The number of aromatic amines is 1. The molecule has 172 valence electrons. The average Bonchev–Trinajstić information content (AvgIpc) is 3.33. The molecule has 2 aliphatic heterocycles. The number of hydrogen-bond acceptors (Lipinski definition) is 5. The van der Waals surface area contributed by atoms with E-state index in [2.05, 4.69) is 20.5 Å². The molecule has 2 aliphatic rings. The minimum Gasteiger partial charge on any atom is -0.441 e. The smallest absolute Gasteiger partial charge is 0.322 e. The van der Waals surface area contributed by atoms with Gasteiger partial charge in [0, 0.05) is 24.6 Å². The third-order valence-corrected chi connectivity index (χ3v) is 6.85. The summed E-state index contributed by atoms with van der Waals surface area (Å²) in [5.41, 5.74) is 3.75. The number of benzene rings is 2. The van der Waals surface area contributed by atoms with Gasteiger partial charge in [-0.1, -0.05) is 17.7 Å². The number of carbonyl (C=O) groups excluding carboxylic acids is 1. The van der Waals surface area contributed by atoms with Crippen molar-refractivity contribution < 1.29 is 13.6 Å². The maximum atomic E-state index is 15.1. The van der Waals surface area contributed by atoms with Gasteiger partial charge in [-0.2, -0.15) is 5.10 Å². The van der Waals surface area contributed by atoms with E-state index < -0.39 is 11.8 Å². The van der Waals surface area contributed by atoms with Crippen molar-refractivity contribution in [2.24, 2.45) is 0 Å². The van der Waals surface area contributed by atoms with Crippen LogP contribution in [-0.2, 0) is 6.42 Å². The zero-order valence-corrected chi connectivity index (χ0v) is 18.8. The van der Waals surface area contributed by atoms with Gasteiger partial charge in [0.2, 0.25) is 0 Å². The normalized spacial score (nSPS) is 18.9. The second-order valence-corrected chi connectivity index (χ2v) is 9.07. The number of carbonyl (C=O) groups is 1. The number of aryl methyl sites for hydroxylation is 1. The highest BCUT2D eigenvalue weighted by Crippen LogP contribution is 2.43. The van der Waals surface area contributed by atoms with Crippen molar-refractivity contribution in [3.05, 3.63) is 74.7 Å². The van der Waals surface area contributed by atoms with Gasteiger partial charge in [0.1, 0.15) is 11.3 Å².